The maximum atomic E-state index is 12.8. The van der Waals surface area contributed by atoms with E-state index in [0.717, 1.165) is 15.5 Å². The number of aryl methyl sites for hydroxylation is 1. The fourth-order valence-electron chi connectivity index (χ4n) is 3.04. The van der Waals surface area contributed by atoms with Gasteiger partial charge in [0.2, 0.25) is 5.91 Å². The molecule has 1 aromatic carbocycles. The molecule has 3 rings (SSSR count). The first kappa shape index (κ1) is 19.4. The minimum atomic E-state index is -3.53. The molecular weight excluding hydrogens is 388 g/mol. The molecule has 26 heavy (non-hydrogen) atoms. The number of para-hydroxylation sites is 1. The largest absolute Gasteiger partial charge is 0.325 e. The van der Waals surface area contributed by atoms with E-state index in [4.69, 9.17) is 0 Å². The van der Waals surface area contributed by atoms with Gasteiger partial charge in [0.25, 0.3) is 10.0 Å². The Morgan fingerprint density at radius 2 is 2.04 bits per heavy atom. The van der Waals surface area contributed by atoms with Crippen molar-refractivity contribution in [2.24, 2.45) is 5.92 Å². The lowest BCUT2D eigenvalue weighted by molar-refractivity contribution is -0.120. The predicted octanol–water partition coefficient (Wildman–Crippen LogP) is 3.82. The van der Waals surface area contributed by atoms with Crippen molar-refractivity contribution in [1.82, 2.24) is 4.31 Å². The molecule has 0 aliphatic carbocycles. The van der Waals surface area contributed by atoms with Crippen LogP contribution in [0.1, 0.15) is 17.7 Å². The summed E-state index contributed by atoms with van der Waals surface area (Å²) in [4.78, 5) is 14.7. The van der Waals surface area contributed by atoms with Gasteiger partial charge in [-0.2, -0.15) is 4.31 Å². The summed E-state index contributed by atoms with van der Waals surface area (Å²) < 4.78 is 27.5. The number of carbonyl (C=O) groups is 1. The molecule has 8 heteroatoms. The fraction of sp³-hybridized carbons (Fsp3) is 0.389. The monoisotopic (exact) mass is 410 g/mol. The number of piperidine rings is 1. The van der Waals surface area contributed by atoms with Crippen molar-refractivity contribution in [2.45, 2.75) is 28.9 Å². The van der Waals surface area contributed by atoms with Gasteiger partial charge < -0.3 is 5.32 Å². The Hall–Kier alpha value is -1.35. The Bertz CT molecular complexity index is 893. The van der Waals surface area contributed by atoms with Crippen molar-refractivity contribution < 1.29 is 13.2 Å². The second-order valence-electron chi connectivity index (χ2n) is 6.26. The summed E-state index contributed by atoms with van der Waals surface area (Å²) in [6, 6.07) is 11.1. The number of thiophene rings is 1. The molecule has 5 nitrogen and oxygen atoms in total. The zero-order valence-electron chi connectivity index (χ0n) is 14.8. The third-order valence-electron chi connectivity index (χ3n) is 4.43. The molecule has 0 spiro atoms. The number of rotatable bonds is 5. The molecule has 1 amide bonds. The van der Waals surface area contributed by atoms with Gasteiger partial charge in [-0.1, -0.05) is 12.1 Å². The van der Waals surface area contributed by atoms with E-state index >= 15 is 0 Å². The zero-order chi connectivity index (χ0) is 18.7. The molecule has 1 N–H and O–H groups in total. The molecule has 1 atom stereocenters. The van der Waals surface area contributed by atoms with E-state index in [-0.39, 0.29) is 18.4 Å². The third kappa shape index (κ3) is 4.14. The van der Waals surface area contributed by atoms with Crippen LogP contribution < -0.4 is 5.32 Å². The van der Waals surface area contributed by atoms with Crippen LogP contribution in [0.15, 0.2) is 45.5 Å². The number of sulfonamides is 1. The molecule has 2 aromatic rings. The van der Waals surface area contributed by atoms with E-state index in [0.29, 0.717) is 23.6 Å². The molecule has 0 saturated carbocycles. The second kappa shape index (κ2) is 8.12. The molecule has 2 heterocycles. The Labute approximate surface area is 162 Å². The van der Waals surface area contributed by atoms with Crippen LogP contribution in [0.25, 0.3) is 0 Å². The van der Waals surface area contributed by atoms with Gasteiger partial charge in [0, 0.05) is 22.9 Å². The molecule has 1 aliphatic rings. The van der Waals surface area contributed by atoms with E-state index in [1.165, 1.54) is 15.6 Å². The van der Waals surface area contributed by atoms with Crippen LogP contribution in [0.4, 0.5) is 5.69 Å². The van der Waals surface area contributed by atoms with E-state index in [1.807, 2.05) is 43.5 Å². The highest BCUT2D eigenvalue weighted by Crippen LogP contribution is 2.30. The normalized spacial score (nSPS) is 18.6. The van der Waals surface area contributed by atoms with Gasteiger partial charge >= 0.3 is 0 Å². The van der Waals surface area contributed by atoms with Gasteiger partial charge in [0.05, 0.1) is 11.6 Å². The summed E-state index contributed by atoms with van der Waals surface area (Å²) in [5.41, 5.74) is 0.777. The van der Waals surface area contributed by atoms with Gasteiger partial charge in [0.1, 0.15) is 4.21 Å². The first-order chi connectivity index (χ1) is 12.4. The number of hydrogen-bond donors (Lipinski definition) is 1. The van der Waals surface area contributed by atoms with Crippen LogP contribution in [0, 0.1) is 12.8 Å². The maximum absolute atomic E-state index is 12.8. The molecule has 0 bridgehead atoms. The number of carbonyl (C=O) groups excluding carboxylic acids is 1. The fourth-order valence-corrected chi connectivity index (χ4v) is 6.55. The number of anilines is 1. The average Bonchev–Trinajstić information content (AvgIpc) is 3.09. The lowest BCUT2D eigenvalue weighted by Gasteiger charge is -2.31. The van der Waals surface area contributed by atoms with Crippen LogP contribution in [0.3, 0.4) is 0 Å². The highest BCUT2D eigenvalue weighted by molar-refractivity contribution is 7.98. The molecule has 1 aliphatic heterocycles. The number of benzene rings is 1. The highest BCUT2D eigenvalue weighted by Gasteiger charge is 2.34. The number of hydrogen-bond acceptors (Lipinski definition) is 5. The predicted molar refractivity (Wildman–Crippen MR) is 107 cm³/mol. The van der Waals surface area contributed by atoms with Crippen molar-refractivity contribution in [3.63, 3.8) is 0 Å². The minimum Gasteiger partial charge on any atom is -0.325 e. The quantitative estimate of drug-likeness (QED) is 0.761. The van der Waals surface area contributed by atoms with Gasteiger partial charge in [0.15, 0.2) is 0 Å². The van der Waals surface area contributed by atoms with Crippen LogP contribution in [0.2, 0.25) is 0 Å². The molecule has 1 saturated heterocycles. The first-order valence-corrected chi connectivity index (χ1v) is 11.9. The van der Waals surface area contributed by atoms with Gasteiger partial charge in [-0.25, -0.2) is 8.42 Å². The van der Waals surface area contributed by atoms with Crippen LogP contribution in [0.5, 0.6) is 0 Å². The summed E-state index contributed by atoms with van der Waals surface area (Å²) in [7, 11) is -3.53. The number of amides is 1. The summed E-state index contributed by atoms with van der Waals surface area (Å²) in [5.74, 6) is -0.455. The molecular formula is C18H22N2O3S3. The number of nitrogens with one attached hydrogen (secondary N) is 1. The molecule has 1 unspecified atom stereocenters. The smallest absolute Gasteiger partial charge is 0.252 e. The Morgan fingerprint density at radius 1 is 1.27 bits per heavy atom. The lowest BCUT2D eigenvalue weighted by atomic mass is 9.99. The summed E-state index contributed by atoms with van der Waals surface area (Å²) in [6.07, 6.45) is 3.34. The van der Waals surface area contributed by atoms with E-state index in [2.05, 4.69) is 5.32 Å². The van der Waals surface area contributed by atoms with Crippen LogP contribution >= 0.6 is 23.1 Å². The Morgan fingerprint density at radius 3 is 2.73 bits per heavy atom. The standard InChI is InChI=1S/C18H22N2O3S3/c1-13-9-10-17(25-13)26(22,23)20-11-5-6-14(12-20)18(21)19-15-7-3-4-8-16(15)24-2/h3-4,7-10,14H,5-6,11-12H2,1-2H3,(H,19,21). The van der Waals surface area contributed by atoms with Gasteiger partial charge in [-0.05, 0) is 50.3 Å². The first-order valence-electron chi connectivity index (χ1n) is 8.42. The van der Waals surface area contributed by atoms with E-state index < -0.39 is 10.0 Å². The summed E-state index contributed by atoms with van der Waals surface area (Å²) in [5, 5.41) is 2.97. The number of nitrogens with zero attached hydrogens (tertiary/aromatic N) is 1. The van der Waals surface area contributed by atoms with Crippen molar-refractivity contribution in [3.05, 3.63) is 41.3 Å². The lowest BCUT2D eigenvalue weighted by Crippen LogP contribution is -2.43. The van der Waals surface area contributed by atoms with Gasteiger partial charge in [-0.3, -0.25) is 4.79 Å². The minimum absolute atomic E-state index is 0.117. The Kier molecular flexibility index (Phi) is 6.06. The van der Waals surface area contributed by atoms with Crippen molar-refractivity contribution in [3.8, 4) is 0 Å². The van der Waals surface area contributed by atoms with Crippen LogP contribution in [-0.2, 0) is 14.8 Å². The maximum Gasteiger partial charge on any atom is 0.252 e. The topological polar surface area (TPSA) is 66.5 Å². The van der Waals surface area contributed by atoms with Crippen molar-refractivity contribution in [1.29, 1.82) is 0 Å². The van der Waals surface area contributed by atoms with E-state index in [1.54, 1.807) is 17.8 Å². The third-order valence-corrected chi connectivity index (χ3v) is 8.56. The van der Waals surface area contributed by atoms with Crippen molar-refractivity contribution in [2.75, 3.05) is 24.7 Å². The van der Waals surface area contributed by atoms with Gasteiger partial charge in [-0.15, -0.1) is 23.1 Å². The van der Waals surface area contributed by atoms with E-state index in [9.17, 15) is 13.2 Å². The average molecular weight is 411 g/mol. The second-order valence-corrected chi connectivity index (χ2v) is 10.6. The van der Waals surface area contributed by atoms with Crippen molar-refractivity contribution >= 4 is 44.7 Å². The molecule has 1 aromatic heterocycles. The molecule has 1 fully saturated rings. The summed E-state index contributed by atoms with van der Waals surface area (Å²) in [6.45, 7) is 2.58. The zero-order valence-corrected chi connectivity index (χ0v) is 17.2. The van der Waals surface area contributed by atoms with Crippen LogP contribution in [-0.4, -0.2) is 38.0 Å². The summed E-state index contributed by atoms with van der Waals surface area (Å²) >= 11 is 2.84. The Balaban J connectivity index is 1.73. The SMILES string of the molecule is CSc1ccccc1NC(=O)C1CCCN(S(=O)(=O)c2ccc(C)s2)C1. The molecule has 0 radical (unpaired) electrons. The number of thioether (sulfide) groups is 1. The highest BCUT2D eigenvalue weighted by atomic mass is 32.2. The molecule has 140 valence electrons.